The fraction of sp³-hybridized carbons (Fsp3) is 0.250. The molecule has 9 heteroatoms. The topological polar surface area (TPSA) is 63.1 Å². The summed E-state index contributed by atoms with van der Waals surface area (Å²) < 4.78 is 40.0. The van der Waals surface area contributed by atoms with Crippen LogP contribution in [0.2, 0.25) is 0 Å². The summed E-state index contributed by atoms with van der Waals surface area (Å²) in [5, 5.41) is 6.72. The van der Waals surface area contributed by atoms with Gasteiger partial charge in [0, 0.05) is 13.6 Å². The number of hydrogen-bond acceptors (Lipinski definition) is 3. The fourth-order valence-electron chi connectivity index (χ4n) is 2.81. The van der Waals surface area contributed by atoms with E-state index in [9.17, 15) is 18.0 Å². The number of alkyl halides is 3. The van der Waals surface area contributed by atoms with Crippen molar-refractivity contribution in [2.75, 3.05) is 7.05 Å². The molecule has 6 nitrogen and oxygen atoms in total. The third kappa shape index (κ3) is 4.92. The molecule has 152 valence electrons. The van der Waals surface area contributed by atoms with Gasteiger partial charge in [-0.2, -0.15) is 18.3 Å². The second-order valence-electron chi connectivity index (χ2n) is 6.58. The Kier molecular flexibility index (Phi) is 5.86. The zero-order valence-electron chi connectivity index (χ0n) is 15.9. The van der Waals surface area contributed by atoms with E-state index in [1.807, 2.05) is 31.2 Å². The molecule has 0 spiro atoms. The van der Waals surface area contributed by atoms with Gasteiger partial charge in [-0.05, 0) is 42.3 Å². The number of nitrogens with one attached hydrogen (secondary N) is 1. The third-order valence-corrected chi connectivity index (χ3v) is 4.66. The predicted octanol–water partition coefficient (Wildman–Crippen LogP) is 4.19. The van der Waals surface area contributed by atoms with Crippen LogP contribution in [0.15, 0.2) is 61.2 Å². The Bertz CT molecular complexity index is 955. The molecule has 0 aliphatic rings. The number of hydrogen-bond donors (Lipinski definition) is 1. The standard InChI is InChI=1S/C20H20F3N5O/c1-14(16-6-8-18(9-7-16)28-13-24-12-26-28)27(2)19(29)25-11-15-4-3-5-17(10-15)20(21,22)23/h3-10,12-14H,11H2,1-2H3,(H,25,29). The van der Waals surface area contributed by atoms with Crippen LogP contribution in [0.1, 0.15) is 29.7 Å². The van der Waals surface area contributed by atoms with Crippen LogP contribution < -0.4 is 5.32 Å². The Hall–Kier alpha value is -3.36. The Labute approximate surface area is 166 Å². The molecule has 3 aromatic rings. The van der Waals surface area contributed by atoms with Crippen molar-refractivity contribution in [2.45, 2.75) is 25.7 Å². The maximum atomic E-state index is 12.8. The van der Waals surface area contributed by atoms with Crippen LogP contribution in [0.25, 0.3) is 5.69 Å². The molecule has 1 aromatic heterocycles. The highest BCUT2D eigenvalue weighted by Gasteiger charge is 2.30. The van der Waals surface area contributed by atoms with E-state index >= 15 is 0 Å². The van der Waals surface area contributed by atoms with Crippen LogP contribution >= 0.6 is 0 Å². The number of benzene rings is 2. The lowest BCUT2D eigenvalue weighted by Gasteiger charge is -2.26. The first-order chi connectivity index (χ1) is 13.8. The Morgan fingerprint density at radius 2 is 1.93 bits per heavy atom. The molecule has 1 N–H and O–H groups in total. The molecule has 0 aliphatic heterocycles. The number of carbonyl (C=O) groups excluding carboxylic acids is 1. The largest absolute Gasteiger partial charge is 0.416 e. The molecule has 1 atom stereocenters. The Morgan fingerprint density at radius 3 is 2.55 bits per heavy atom. The summed E-state index contributed by atoms with van der Waals surface area (Å²) in [5.74, 6) is 0. The molecule has 2 aromatic carbocycles. The number of halogens is 3. The zero-order chi connectivity index (χ0) is 21.0. The molecule has 29 heavy (non-hydrogen) atoms. The minimum atomic E-state index is -4.41. The van der Waals surface area contributed by atoms with Gasteiger partial charge in [0.05, 0.1) is 17.3 Å². The lowest BCUT2D eigenvalue weighted by atomic mass is 10.1. The monoisotopic (exact) mass is 403 g/mol. The Balaban J connectivity index is 1.61. The van der Waals surface area contributed by atoms with Crippen molar-refractivity contribution in [3.8, 4) is 5.69 Å². The highest BCUT2D eigenvalue weighted by Crippen LogP contribution is 2.29. The van der Waals surface area contributed by atoms with Crippen LogP contribution in [0, 0.1) is 0 Å². The van der Waals surface area contributed by atoms with Gasteiger partial charge >= 0.3 is 12.2 Å². The highest BCUT2D eigenvalue weighted by atomic mass is 19.4. The molecular formula is C20H20F3N5O. The molecule has 0 aliphatic carbocycles. The molecule has 0 fully saturated rings. The molecule has 2 amide bonds. The molecule has 0 bridgehead atoms. The number of urea groups is 1. The molecule has 0 radical (unpaired) electrons. The number of carbonyl (C=O) groups is 1. The highest BCUT2D eigenvalue weighted by molar-refractivity contribution is 5.74. The summed E-state index contributed by atoms with van der Waals surface area (Å²) in [4.78, 5) is 17.8. The smallest absolute Gasteiger partial charge is 0.334 e. The number of rotatable bonds is 5. The minimum Gasteiger partial charge on any atom is -0.334 e. The van der Waals surface area contributed by atoms with Gasteiger partial charge in [-0.25, -0.2) is 14.5 Å². The summed E-state index contributed by atoms with van der Waals surface area (Å²) in [6, 6.07) is 11.8. The number of amides is 2. The number of aromatic nitrogens is 3. The molecule has 1 heterocycles. The van der Waals surface area contributed by atoms with E-state index in [2.05, 4.69) is 15.4 Å². The van der Waals surface area contributed by atoms with Gasteiger partial charge in [0.25, 0.3) is 0 Å². The lowest BCUT2D eigenvalue weighted by Crippen LogP contribution is -2.38. The third-order valence-electron chi connectivity index (χ3n) is 4.66. The van der Waals surface area contributed by atoms with Crippen molar-refractivity contribution in [3.63, 3.8) is 0 Å². The van der Waals surface area contributed by atoms with Crippen LogP contribution in [0.3, 0.4) is 0 Å². The van der Waals surface area contributed by atoms with E-state index in [0.717, 1.165) is 23.4 Å². The van der Waals surface area contributed by atoms with Gasteiger partial charge < -0.3 is 10.2 Å². The van der Waals surface area contributed by atoms with Crippen molar-refractivity contribution in [3.05, 3.63) is 77.9 Å². The van der Waals surface area contributed by atoms with E-state index in [-0.39, 0.29) is 18.6 Å². The van der Waals surface area contributed by atoms with Gasteiger partial charge in [0.2, 0.25) is 0 Å². The van der Waals surface area contributed by atoms with Gasteiger partial charge in [-0.15, -0.1) is 0 Å². The van der Waals surface area contributed by atoms with Gasteiger partial charge in [0.15, 0.2) is 0 Å². The van der Waals surface area contributed by atoms with Gasteiger partial charge in [-0.1, -0.05) is 24.3 Å². The van der Waals surface area contributed by atoms with Gasteiger partial charge in [0.1, 0.15) is 12.7 Å². The van der Waals surface area contributed by atoms with Crippen LogP contribution in [0.5, 0.6) is 0 Å². The van der Waals surface area contributed by atoms with Crippen LogP contribution in [0.4, 0.5) is 18.0 Å². The van der Waals surface area contributed by atoms with E-state index in [0.29, 0.717) is 5.56 Å². The van der Waals surface area contributed by atoms with E-state index in [4.69, 9.17) is 0 Å². The van der Waals surface area contributed by atoms with Crippen molar-refractivity contribution in [1.82, 2.24) is 25.0 Å². The first kappa shape index (κ1) is 20.4. The second-order valence-corrected chi connectivity index (χ2v) is 6.58. The van der Waals surface area contributed by atoms with Crippen molar-refractivity contribution in [1.29, 1.82) is 0 Å². The Morgan fingerprint density at radius 1 is 1.21 bits per heavy atom. The summed E-state index contributed by atoms with van der Waals surface area (Å²) in [7, 11) is 1.64. The van der Waals surface area contributed by atoms with E-state index in [1.165, 1.54) is 17.3 Å². The van der Waals surface area contributed by atoms with E-state index in [1.54, 1.807) is 24.1 Å². The summed E-state index contributed by atoms with van der Waals surface area (Å²) in [6.45, 7) is 1.87. The van der Waals surface area contributed by atoms with Crippen molar-refractivity contribution < 1.29 is 18.0 Å². The summed E-state index contributed by atoms with van der Waals surface area (Å²) in [5.41, 5.74) is 1.39. The van der Waals surface area contributed by atoms with Crippen molar-refractivity contribution >= 4 is 6.03 Å². The summed E-state index contributed by atoms with van der Waals surface area (Å²) >= 11 is 0. The maximum Gasteiger partial charge on any atom is 0.416 e. The SMILES string of the molecule is CC(c1ccc(-n2cncn2)cc1)N(C)C(=O)NCc1cccc(C(F)(F)F)c1. The first-order valence-electron chi connectivity index (χ1n) is 8.87. The van der Waals surface area contributed by atoms with Crippen LogP contribution in [-0.2, 0) is 12.7 Å². The fourth-order valence-corrected chi connectivity index (χ4v) is 2.81. The predicted molar refractivity (Wildman–Crippen MR) is 101 cm³/mol. The molecular weight excluding hydrogens is 383 g/mol. The lowest BCUT2D eigenvalue weighted by molar-refractivity contribution is -0.137. The zero-order valence-corrected chi connectivity index (χ0v) is 15.9. The molecule has 3 rings (SSSR count). The van der Waals surface area contributed by atoms with Crippen LogP contribution in [-0.4, -0.2) is 32.7 Å². The maximum absolute atomic E-state index is 12.8. The normalized spacial score (nSPS) is 12.4. The average Bonchev–Trinajstić information content (AvgIpc) is 3.25. The molecule has 0 saturated heterocycles. The molecule has 0 saturated carbocycles. The van der Waals surface area contributed by atoms with Crippen molar-refractivity contribution in [2.24, 2.45) is 0 Å². The second kappa shape index (κ2) is 8.34. The minimum absolute atomic E-state index is 0.00501. The number of nitrogens with zero attached hydrogens (tertiary/aromatic N) is 4. The van der Waals surface area contributed by atoms with E-state index < -0.39 is 11.7 Å². The van der Waals surface area contributed by atoms with Gasteiger partial charge in [-0.3, -0.25) is 0 Å². The quantitative estimate of drug-likeness (QED) is 0.695. The molecule has 1 unspecified atom stereocenters. The average molecular weight is 403 g/mol. The summed E-state index contributed by atoms with van der Waals surface area (Å²) in [6.07, 6.45) is -1.38. The first-order valence-corrected chi connectivity index (χ1v) is 8.87.